The molecular formula is C24H26N2O5. The highest BCUT2D eigenvalue weighted by molar-refractivity contribution is 6.46. The number of aliphatic carboxylic acids is 1. The maximum absolute atomic E-state index is 12.9. The molecule has 7 heteroatoms. The lowest BCUT2D eigenvalue weighted by Gasteiger charge is -2.25. The summed E-state index contributed by atoms with van der Waals surface area (Å²) < 4.78 is 0. The summed E-state index contributed by atoms with van der Waals surface area (Å²) in [5.41, 5.74) is 3.09. The van der Waals surface area contributed by atoms with Crippen LogP contribution in [0.5, 0.6) is 0 Å². The summed E-state index contributed by atoms with van der Waals surface area (Å²) in [5.74, 6) is -2.71. The summed E-state index contributed by atoms with van der Waals surface area (Å²) in [6.45, 7) is 2.01. The number of rotatable bonds is 7. The molecule has 0 aliphatic carbocycles. The van der Waals surface area contributed by atoms with E-state index < -0.39 is 23.7 Å². The van der Waals surface area contributed by atoms with Crippen LogP contribution >= 0.6 is 0 Å². The second-order valence-electron chi connectivity index (χ2n) is 7.84. The molecule has 0 spiro atoms. The van der Waals surface area contributed by atoms with E-state index in [2.05, 4.69) is 0 Å². The lowest BCUT2D eigenvalue weighted by molar-refractivity contribution is -0.140. The van der Waals surface area contributed by atoms with Crippen molar-refractivity contribution in [2.24, 2.45) is 0 Å². The van der Waals surface area contributed by atoms with Gasteiger partial charge in [-0.15, -0.1) is 0 Å². The molecule has 3 rings (SSSR count). The van der Waals surface area contributed by atoms with Gasteiger partial charge in [0, 0.05) is 38.3 Å². The van der Waals surface area contributed by atoms with Gasteiger partial charge in [-0.2, -0.15) is 0 Å². The second-order valence-corrected chi connectivity index (χ2v) is 7.84. The molecule has 1 heterocycles. The van der Waals surface area contributed by atoms with Gasteiger partial charge in [-0.3, -0.25) is 14.4 Å². The van der Waals surface area contributed by atoms with E-state index in [1.165, 1.54) is 4.90 Å². The van der Waals surface area contributed by atoms with E-state index in [-0.39, 0.29) is 30.7 Å². The summed E-state index contributed by atoms with van der Waals surface area (Å²) in [5, 5.41) is 19.9. The largest absolute Gasteiger partial charge is 0.507 e. The molecule has 1 aliphatic heterocycles. The van der Waals surface area contributed by atoms with Gasteiger partial charge in [-0.1, -0.05) is 42.0 Å². The van der Waals surface area contributed by atoms with Crippen LogP contribution in [0.25, 0.3) is 5.76 Å². The number of benzene rings is 2. The van der Waals surface area contributed by atoms with Crippen molar-refractivity contribution < 1.29 is 24.6 Å². The highest BCUT2D eigenvalue weighted by Gasteiger charge is 2.45. The molecule has 7 nitrogen and oxygen atoms in total. The van der Waals surface area contributed by atoms with E-state index in [0.717, 1.165) is 11.3 Å². The minimum absolute atomic E-state index is 0.0155. The average Bonchev–Trinajstić information content (AvgIpc) is 2.98. The van der Waals surface area contributed by atoms with Crippen LogP contribution < -0.4 is 4.90 Å². The molecule has 2 aromatic rings. The number of hydrogen-bond acceptors (Lipinski definition) is 5. The van der Waals surface area contributed by atoms with Crippen LogP contribution in [0.3, 0.4) is 0 Å². The zero-order valence-corrected chi connectivity index (χ0v) is 17.8. The lowest BCUT2D eigenvalue weighted by Crippen LogP contribution is -2.31. The molecule has 1 amide bonds. The van der Waals surface area contributed by atoms with E-state index in [9.17, 15) is 19.5 Å². The summed E-state index contributed by atoms with van der Waals surface area (Å²) in [4.78, 5) is 40.0. The van der Waals surface area contributed by atoms with Gasteiger partial charge >= 0.3 is 5.97 Å². The normalized spacial score (nSPS) is 17.8. The number of Topliss-reactive ketones (excluding diaryl/α,β-unsaturated/α-hetero) is 1. The molecule has 0 radical (unpaired) electrons. The molecule has 1 atom stereocenters. The Morgan fingerprint density at radius 1 is 1.00 bits per heavy atom. The highest BCUT2D eigenvalue weighted by atomic mass is 16.4. The van der Waals surface area contributed by atoms with Crippen molar-refractivity contribution in [2.45, 2.75) is 25.8 Å². The fraction of sp³-hybridized carbons (Fsp3) is 0.292. The van der Waals surface area contributed by atoms with E-state index in [4.69, 9.17) is 5.11 Å². The van der Waals surface area contributed by atoms with Crippen LogP contribution in [0.4, 0.5) is 5.69 Å². The minimum atomic E-state index is -0.969. The molecule has 1 saturated heterocycles. The smallest absolute Gasteiger partial charge is 0.303 e. The lowest BCUT2D eigenvalue weighted by atomic mass is 9.94. The number of nitrogens with zero attached hydrogens (tertiary/aromatic N) is 2. The van der Waals surface area contributed by atoms with Crippen LogP contribution in [-0.2, 0) is 14.4 Å². The van der Waals surface area contributed by atoms with Gasteiger partial charge in [0.25, 0.3) is 11.7 Å². The first-order valence-electron chi connectivity index (χ1n) is 10.0. The molecule has 1 unspecified atom stereocenters. The SMILES string of the molecule is Cc1ccc(C(O)=C2C(=O)C(=O)N(CCCC(=O)O)C2c2ccc(N(C)C)cc2)cc1. The number of hydrogen-bond donors (Lipinski definition) is 2. The topological polar surface area (TPSA) is 98.2 Å². The van der Waals surface area contributed by atoms with Gasteiger partial charge in [0.05, 0.1) is 11.6 Å². The Hall–Kier alpha value is -3.61. The third kappa shape index (κ3) is 4.60. The number of anilines is 1. The number of carbonyl (C=O) groups excluding carboxylic acids is 2. The first-order valence-corrected chi connectivity index (χ1v) is 10.0. The second kappa shape index (κ2) is 9.04. The minimum Gasteiger partial charge on any atom is -0.507 e. The van der Waals surface area contributed by atoms with Gasteiger partial charge in [0.2, 0.25) is 0 Å². The van der Waals surface area contributed by atoms with Crippen molar-refractivity contribution in [1.29, 1.82) is 0 Å². The Morgan fingerprint density at radius 3 is 2.16 bits per heavy atom. The maximum Gasteiger partial charge on any atom is 0.303 e. The fourth-order valence-electron chi connectivity index (χ4n) is 3.68. The van der Waals surface area contributed by atoms with E-state index >= 15 is 0 Å². The average molecular weight is 422 g/mol. The Labute approximate surface area is 181 Å². The van der Waals surface area contributed by atoms with Gasteiger partial charge in [0.15, 0.2) is 0 Å². The van der Waals surface area contributed by atoms with Gasteiger partial charge in [0.1, 0.15) is 5.76 Å². The molecule has 1 fully saturated rings. The molecule has 1 aliphatic rings. The zero-order chi connectivity index (χ0) is 22.7. The number of aryl methyl sites for hydroxylation is 1. The number of amides is 1. The Bertz CT molecular complexity index is 1020. The zero-order valence-electron chi connectivity index (χ0n) is 17.8. The van der Waals surface area contributed by atoms with Crippen molar-refractivity contribution in [3.05, 3.63) is 70.8 Å². The third-order valence-electron chi connectivity index (χ3n) is 5.38. The van der Waals surface area contributed by atoms with E-state index in [0.29, 0.717) is 11.1 Å². The van der Waals surface area contributed by atoms with Crippen molar-refractivity contribution in [3.8, 4) is 0 Å². The van der Waals surface area contributed by atoms with Crippen LogP contribution in [0.1, 0.15) is 35.6 Å². The van der Waals surface area contributed by atoms with Crippen molar-refractivity contribution in [1.82, 2.24) is 4.90 Å². The first kappa shape index (κ1) is 22.1. The van der Waals surface area contributed by atoms with Gasteiger partial charge in [-0.25, -0.2) is 0 Å². The molecule has 2 N–H and O–H groups in total. The molecule has 0 aromatic heterocycles. The Balaban J connectivity index is 2.09. The standard InChI is InChI=1S/C24H26N2O5/c1-15-6-8-17(9-7-15)22(29)20-21(16-10-12-18(13-11-16)25(2)3)26(24(31)23(20)30)14-4-5-19(27)28/h6-13,21,29H,4-5,14H2,1-3H3,(H,27,28). The Morgan fingerprint density at radius 2 is 1.61 bits per heavy atom. The van der Waals surface area contributed by atoms with Crippen molar-refractivity contribution >= 4 is 29.1 Å². The van der Waals surface area contributed by atoms with Crippen LogP contribution in [0.2, 0.25) is 0 Å². The predicted molar refractivity (Wildman–Crippen MR) is 118 cm³/mol. The molecule has 0 saturated carbocycles. The summed E-state index contributed by atoms with van der Waals surface area (Å²) in [6, 6.07) is 13.6. The Kier molecular flexibility index (Phi) is 6.44. The third-order valence-corrected chi connectivity index (χ3v) is 5.38. The number of likely N-dealkylation sites (tertiary alicyclic amines) is 1. The predicted octanol–water partition coefficient (Wildman–Crippen LogP) is 3.35. The molecule has 0 bridgehead atoms. The summed E-state index contributed by atoms with van der Waals surface area (Å²) in [6.07, 6.45) is 0.0897. The fourth-order valence-corrected chi connectivity index (χ4v) is 3.68. The van der Waals surface area contributed by atoms with Crippen molar-refractivity contribution in [2.75, 3.05) is 25.5 Å². The quantitative estimate of drug-likeness (QED) is 0.403. The maximum atomic E-state index is 12.9. The highest BCUT2D eigenvalue weighted by Crippen LogP contribution is 2.40. The number of aliphatic hydroxyl groups excluding tert-OH is 1. The van der Waals surface area contributed by atoms with Crippen LogP contribution in [0, 0.1) is 6.92 Å². The summed E-state index contributed by atoms with van der Waals surface area (Å²) in [7, 11) is 3.81. The number of carboxylic acid groups (broad SMARTS) is 1. The monoisotopic (exact) mass is 422 g/mol. The number of aliphatic hydroxyl groups is 1. The van der Waals surface area contributed by atoms with E-state index in [1.54, 1.807) is 12.1 Å². The van der Waals surface area contributed by atoms with Crippen LogP contribution in [-0.4, -0.2) is 53.4 Å². The van der Waals surface area contributed by atoms with E-state index in [1.807, 2.05) is 62.3 Å². The molecule has 31 heavy (non-hydrogen) atoms. The van der Waals surface area contributed by atoms with Crippen molar-refractivity contribution in [3.63, 3.8) is 0 Å². The number of carbonyl (C=O) groups is 3. The number of ketones is 1. The van der Waals surface area contributed by atoms with Gasteiger partial charge in [-0.05, 0) is 31.0 Å². The summed E-state index contributed by atoms with van der Waals surface area (Å²) >= 11 is 0. The molecular weight excluding hydrogens is 396 g/mol. The van der Waals surface area contributed by atoms with Crippen LogP contribution in [0.15, 0.2) is 54.1 Å². The number of carboxylic acids is 1. The first-order chi connectivity index (χ1) is 14.7. The molecule has 162 valence electrons. The van der Waals surface area contributed by atoms with Gasteiger partial charge < -0.3 is 20.0 Å². The molecule has 2 aromatic carbocycles.